The minimum Gasteiger partial charge on any atom is -0.479 e. The molecule has 1 aromatic rings. The highest BCUT2D eigenvalue weighted by Gasteiger charge is 2.43. The first kappa shape index (κ1) is 15.2. The summed E-state index contributed by atoms with van der Waals surface area (Å²) in [4.78, 5) is 23.0. The molecular weight excluding hydrogens is 246 g/mol. The van der Waals surface area contributed by atoms with Gasteiger partial charge in [-0.2, -0.15) is 0 Å². The number of carbonyl (C=O) groups excluding carboxylic acids is 1. The number of carbonyl (C=O) groups is 2. The molecule has 1 rings (SSSR count). The Labute approximate surface area is 112 Å². The van der Waals surface area contributed by atoms with Crippen molar-refractivity contribution in [3.8, 4) is 0 Å². The molecule has 19 heavy (non-hydrogen) atoms. The smallest absolute Gasteiger partial charge is 0.338 e. The number of aliphatic carboxylic acids is 1. The summed E-state index contributed by atoms with van der Waals surface area (Å²) >= 11 is 0. The highest BCUT2D eigenvalue weighted by atomic mass is 16.5. The highest BCUT2D eigenvalue weighted by molar-refractivity contribution is 6.03. The lowest BCUT2D eigenvalue weighted by Gasteiger charge is -2.22. The van der Waals surface area contributed by atoms with Gasteiger partial charge in [-0.25, -0.2) is 9.59 Å². The zero-order valence-electron chi connectivity index (χ0n) is 11.0. The molecule has 0 aliphatic rings. The molecule has 0 amide bonds. The summed E-state index contributed by atoms with van der Waals surface area (Å²) in [6, 6.07) is 9.05. The first-order valence-corrected chi connectivity index (χ1v) is 6.24. The average Bonchev–Trinajstić information content (AvgIpc) is 2.42. The van der Waals surface area contributed by atoms with Crippen LogP contribution >= 0.6 is 0 Å². The molecular formula is C14H19NO4. The second kappa shape index (κ2) is 6.89. The summed E-state index contributed by atoms with van der Waals surface area (Å²) in [5.41, 5.74) is 4.50. The highest BCUT2D eigenvalue weighted by Crippen LogP contribution is 2.15. The Morgan fingerprint density at radius 2 is 1.95 bits per heavy atom. The molecule has 0 aliphatic heterocycles. The number of carboxylic acid groups (broad SMARTS) is 1. The second-order valence-corrected chi connectivity index (χ2v) is 4.44. The van der Waals surface area contributed by atoms with Crippen LogP contribution in [0.15, 0.2) is 30.3 Å². The minimum absolute atomic E-state index is 0.0258. The Kier molecular flexibility index (Phi) is 5.51. The van der Waals surface area contributed by atoms with Crippen LogP contribution in [0.5, 0.6) is 0 Å². The van der Waals surface area contributed by atoms with Crippen LogP contribution in [0, 0.1) is 0 Å². The molecule has 1 unspecified atom stereocenters. The van der Waals surface area contributed by atoms with Crippen LogP contribution in [0.2, 0.25) is 0 Å². The van der Waals surface area contributed by atoms with Crippen molar-refractivity contribution in [1.82, 2.24) is 0 Å². The van der Waals surface area contributed by atoms with Crippen LogP contribution in [0.25, 0.3) is 0 Å². The van der Waals surface area contributed by atoms with E-state index in [0.29, 0.717) is 6.42 Å². The maximum Gasteiger partial charge on any atom is 0.338 e. The van der Waals surface area contributed by atoms with E-state index in [1.165, 1.54) is 0 Å². The average molecular weight is 265 g/mol. The number of unbranched alkanes of at least 4 members (excludes halogenated alkanes) is 1. The topological polar surface area (TPSA) is 89.6 Å². The van der Waals surface area contributed by atoms with Crippen LogP contribution in [-0.4, -0.2) is 22.6 Å². The number of hydrogen-bond donors (Lipinski definition) is 2. The fraction of sp³-hybridized carbons (Fsp3) is 0.429. The van der Waals surface area contributed by atoms with Gasteiger partial charge in [-0.3, -0.25) is 0 Å². The van der Waals surface area contributed by atoms with Gasteiger partial charge >= 0.3 is 11.9 Å². The van der Waals surface area contributed by atoms with E-state index in [2.05, 4.69) is 0 Å². The van der Waals surface area contributed by atoms with Crippen molar-refractivity contribution in [2.24, 2.45) is 5.73 Å². The Morgan fingerprint density at radius 1 is 1.32 bits per heavy atom. The van der Waals surface area contributed by atoms with Crippen molar-refractivity contribution < 1.29 is 19.4 Å². The van der Waals surface area contributed by atoms with E-state index < -0.39 is 17.5 Å². The standard InChI is InChI=1S/C14H19NO4/c1-2-3-9-14(15,12(16)17)13(18)19-10-11-7-5-4-6-8-11/h4-8H,2-3,9-10,15H2,1H3,(H,16,17). The molecule has 0 aromatic heterocycles. The van der Waals surface area contributed by atoms with Gasteiger partial charge < -0.3 is 15.6 Å². The van der Waals surface area contributed by atoms with Crippen LogP contribution in [0.4, 0.5) is 0 Å². The third-order valence-electron chi connectivity index (χ3n) is 2.88. The van der Waals surface area contributed by atoms with E-state index >= 15 is 0 Å². The number of ether oxygens (including phenoxy) is 1. The lowest BCUT2D eigenvalue weighted by molar-refractivity contribution is -0.162. The Hall–Kier alpha value is -1.88. The van der Waals surface area contributed by atoms with Gasteiger partial charge in [0.15, 0.2) is 0 Å². The van der Waals surface area contributed by atoms with Gasteiger partial charge in [0.25, 0.3) is 0 Å². The van der Waals surface area contributed by atoms with Crippen LogP contribution < -0.4 is 5.73 Å². The van der Waals surface area contributed by atoms with Crippen molar-refractivity contribution in [2.45, 2.75) is 38.3 Å². The van der Waals surface area contributed by atoms with Gasteiger partial charge in [0.1, 0.15) is 6.61 Å². The van der Waals surface area contributed by atoms with E-state index in [1.54, 1.807) is 12.1 Å². The van der Waals surface area contributed by atoms with Crippen LogP contribution in [-0.2, 0) is 20.9 Å². The molecule has 5 nitrogen and oxygen atoms in total. The number of hydrogen-bond acceptors (Lipinski definition) is 4. The zero-order chi connectivity index (χ0) is 14.3. The molecule has 0 spiro atoms. The van der Waals surface area contributed by atoms with E-state index in [4.69, 9.17) is 15.6 Å². The molecule has 104 valence electrons. The zero-order valence-corrected chi connectivity index (χ0v) is 11.0. The van der Waals surface area contributed by atoms with Gasteiger partial charge in [-0.05, 0) is 12.0 Å². The van der Waals surface area contributed by atoms with Gasteiger partial charge in [-0.15, -0.1) is 0 Å². The number of carboxylic acids is 1. The predicted molar refractivity (Wildman–Crippen MR) is 70.3 cm³/mol. The molecule has 5 heteroatoms. The number of nitrogens with two attached hydrogens (primary N) is 1. The maximum atomic E-state index is 11.9. The molecule has 0 fully saturated rings. The lowest BCUT2D eigenvalue weighted by Crippen LogP contribution is -2.55. The Morgan fingerprint density at radius 3 is 2.47 bits per heavy atom. The second-order valence-electron chi connectivity index (χ2n) is 4.44. The molecule has 0 heterocycles. The number of rotatable bonds is 7. The molecule has 1 aromatic carbocycles. The van der Waals surface area contributed by atoms with E-state index in [1.807, 2.05) is 25.1 Å². The van der Waals surface area contributed by atoms with E-state index in [0.717, 1.165) is 12.0 Å². The van der Waals surface area contributed by atoms with Crippen LogP contribution in [0.1, 0.15) is 31.7 Å². The Bertz CT molecular complexity index is 432. The monoisotopic (exact) mass is 265 g/mol. The third-order valence-corrected chi connectivity index (χ3v) is 2.88. The molecule has 3 N–H and O–H groups in total. The fourth-order valence-electron chi connectivity index (χ4n) is 1.60. The van der Waals surface area contributed by atoms with Crippen molar-refractivity contribution >= 4 is 11.9 Å². The Balaban J connectivity index is 2.65. The molecule has 0 aliphatic carbocycles. The van der Waals surface area contributed by atoms with E-state index in [9.17, 15) is 9.59 Å². The van der Waals surface area contributed by atoms with Crippen molar-refractivity contribution in [1.29, 1.82) is 0 Å². The molecule has 0 radical (unpaired) electrons. The molecule has 0 saturated carbocycles. The summed E-state index contributed by atoms with van der Waals surface area (Å²) in [5.74, 6) is -2.24. The normalized spacial score (nSPS) is 13.6. The van der Waals surface area contributed by atoms with Crippen molar-refractivity contribution in [3.63, 3.8) is 0 Å². The summed E-state index contributed by atoms with van der Waals surface area (Å²) in [7, 11) is 0. The summed E-state index contributed by atoms with van der Waals surface area (Å²) in [6.07, 6.45) is 1.40. The van der Waals surface area contributed by atoms with Gasteiger partial charge in [0.05, 0.1) is 0 Å². The predicted octanol–water partition coefficient (Wildman–Crippen LogP) is 1.70. The maximum absolute atomic E-state index is 11.9. The fourth-order valence-corrected chi connectivity index (χ4v) is 1.60. The third kappa shape index (κ3) is 4.06. The van der Waals surface area contributed by atoms with Crippen molar-refractivity contribution in [3.05, 3.63) is 35.9 Å². The number of benzene rings is 1. The van der Waals surface area contributed by atoms with Gasteiger partial charge in [-0.1, -0.05) is 50.1 Å². The SMILES string of the molecule is CCCCC(N)(C(=O)O)C(=O)OCc1ccccc1. The van der Waals surface area contributed by atoms with E-state index in [-0.39, 0.29) is 13.0 Å². The first-order valence-electron chi connectivity index (χ1n) is 6.24. The number of esters is 1. The summed E-state index contributed by atoms with van der Waals surface area (Å²) < 4.78 is 5.01. The molecule has 0 saturated heterocycles. The molecule has 1 atom stereocenters. The van der Waals surface area contributed by atoms with Crippen molar-refractivity contribution in [2.75, 3.05) is 0 Å². The van der Waals surface area contributed by atoms with Gasteiger partial charge in [0, 0.05) is 0 Å². The van der Waals surface area contributed by atoms with Crippen LogP contribution in [0.3, 0.4) is 0 Å². The minimum atomic E-state index is -1.95. The first-order chi connectivity index (χ1) is 9.00. The summed E-state index contributed by atoms with van der Waals surface area (Å²) in [5, 5.41) is 9.10. The largest absolute Gasteiger partial charge is 0.479 e. The lowest BCUT2D eigenvalue weighted by atomic mass is 9.94. The summed E-state index contributed by atoms with van der Waals surface area (Å²) in [6.45, 7) is 1.93. The van der Waals surface area contributed by atoms with Gasteiger partial charge in [0.2, 0.25) is 5.54 Å². The molecule has 0 bridgehead atoms. The quantitative estimate of drug-likeness (QED) is 0.578.